The molecule has 0 saturated carbocycles. The van der Waals surface area contributed by atoms with Gasteiger partial charge in [-0.25, -0.2) is 4.39 Å². The average molecular weight is 240 g/mol. The molecule has 1 rings (SSSR count). The number of rotatable bonds is 4. The van der Waals surface area contributed by atoms with E-state index in [1.165, 1.54) is 6.07 Å². The summed E-state index contributed by atoms with van der Waals surface area (Å²) in [5.74, 6) is -0.385. The van der Waals surface area contributed by atoms with Crippen LogP contribution in [0.3, 0.4) is 0 Å². The third kappa shape index (κ3) is 3.17. The maximum absolute atomic E-state index is 13.6. The predicted molar refractivity (Wildman–Crippen MR) is 70.3 cm³/mol. The number of nitrogens with one attached hydrogen (secondary N) is 1. The highest BCUT2D eigenvalue weighted by atomic mass is 32.1. The predicted octanol–water partition coefficient (Wildman–Crippen LogP) is 3.06. The SMILES string of the molecule is CCC(C)(C)Nc1ccc(C(N)=S)c(F)c1. The summed E-state index contributed by atoms with van der Waals surface area (Å²) < 4.78 is 13.6. The molecule has 2 nitrogen and oxygen atoms in total. The van der Waals surface area contributed by atoms with E-state index in [-0.39, 0.29) is 21.9 Å². The molecule has 16 heavy (non-hydrogen) atoms. The molecule has 0 bridgehead atoms. The molecule has 88 valence electrons. The van der Waals surface area contributed by atoms with Crippen molar-refractivity contribution in [1.82, 2.24) is 0 Å². The van der Waals surface area contributed by atoms with Crippen LogP contribution in [0, 0.1) is 5.82 Å². The summed E-state index contributed by atoms with van der Waals surface area (Å²) in [6, 6.07) is 4.81. The van der Waals surface area contributed by atoms with Crippen molar-refractivity contribution in [1.29, 1.82) is 0 Å². The first-order chi connectivity index (χ1) is 7.35. The van der Waals surface area contributed by atoms with Crippen molar-refractivity contribution >= 4 is 22.9 Å². The summed E-state index contributed by atoms with van der Waals surface area (Å²) in [6.45, 7) is 6.20. The molecule has 0 spiro atoms. The fourth-order valence-corrected chi connectivity index (χ4v) is 1.44. The quantitative estimate of drug-likeness (QED) is 0.794. The standard InChI is InChI=1S/C12H17FN2S/c1-4-12(2,3)15-8-5-6-9(11(14)16)10(13)7-8/h5-7,15H,4H2,1-3H3,(H2,14,16). The van der Waals surface area contributed by atoms with E-state index in [1.54, 1.807) is 12.1 Å². The first-order valence-corrected chi connectivity index (χ1v) is 5.64. The number of thiocarbonyl (C=S) groups is 1. The van der Waals surface area contributed by atoms with E-state index in [1.807, 2.05) is 0 Å². The van der Waals surface area contributed by atoms with Crippen LogP contribution >= 0.6 is 12.2 Å². The Hall–Kier alpha value is -1.16. The van der Waals surface area contributed by atoms with Crippen LogP contribution in [-0.2, 0) is 0 Å². The van der Waals surface area contributed by atoms with Gasteiger partial charge in [0, 0.05) is 16.8 Å². The average Bonchev–Trinajstić information content (AvgIpc) is 2.16. The van der Waals surface area contributed by atoms with E-state index in [0.717, 1.165) is 12.1 Å². The smallest absolute Gasteiger partial charge is 0.135 e. The van der Waals surface area contributed by atoms with E-state index in [0.29, 0.717) is 0 Å². The molecule has 0 aromatic heterocycles. The maximum atomic E-state index is 13.6. The van der Waals surface area contributed by atoms with Crippen molar-refractivity contribution in [3.05, 3.63) is 29.6 Å². The second-order valence-corrected chi connectivity index (χ2v) is 4.86. The van der Waals surface area contributed by atoms with Gasteiger partial charge >= 0.3 is 0 Å². The van der Waals surface area contributed by atoms with Gasteiger partial charge in [0.2, 0.25) is 0 Å². The zero-order valence-corrected chi connectivity index (χ0v) is 10.6. The van der Waals surface area contributed by atoms with Gasteiger partial charge in [-0.3, -0.25) is 0 Å². The first kappa shape index (κ1) is 12.9. The molecule has 3 N–H and O–H groups in total. The van der Waals surface area contributed by atoms with Gasteiger partial charge in [-0.1, -0.05) is 19.1 Å². The molecule has 0 unspecified atom stereocenters. The third-order valence-corrected chi connectivity index (χ3v) is 2.82. The Bertz CT molecular complexity index is 402. The molecule has 0 atom stereocenters. The minimum atomic E-state index is -0.385. The van der Waals surface area contributed by atoms with Crippen LogP contribution in [0.4, 0.5) is 10.1 Å². The number of hydrogen-bond donors (Lipinski definition) is 2. The molecular weight excluding hydrogens is 223 g/mol. The van der Waals surface area contributed by atoms with Crippen molar-refractivity contribution in [2.75, 3.05) is 5.32 Å². The van der Waals surface area contributed by atoms with Gasteiger partial charge in [0.25, 0.3) is 0 Å². The van der Waals surface area contributed by atoms with Gasteiger partial charge in [-0.2, -0.15) is 0 Å². The van der Waals surface area contributed by atoms with E-state index in [2.05, 4.69) is 26.1 Å². The van der Waals surface area contributed by atoms with Crippen molar-refractivity contribution in [3.8, 4) is 0 Å². The highest BCUT2D eigenvalue weighted by Gasteiger charge is 2.15. The van der Waals surface area contributed by atoms with Gasteiger partial charge < -0.3 is 11.1 Å². The highest BCUT2D eigenvalue weighted by molar-refractivity contribution is 7.80. The van der Waals surface area contributed by atoms with Crippen LogP contribution in [-0.4, -0.2) is 10.5 Å². The largest absolute Gasteiger partial charge is 0.389 e. The summed E-state index contributed by atoms with van der Waals surface area (Å²) in [5, 5.41) is 3.25. The maximum Gasteiger partial charge on any atom is 0.135 e. The Balaban J connectivity index is 2.94. The fraction of sp³-hybridized carbons (Fsp3) is 0.417. The lowest BCUT2D eigenvalue weighted by Crippen LogP contribution is -2.29. The summed E-state index contributed by atoms with van der Waals surface area (Å²) in [7, 11) is 0. The van der Waals surface area contributed by atoms with Crippen molar-refractivity contribution in [3.63, 3.8) is 0 Å². The Kier molecular flexibility index (Phi) is 3.86. The van der Waals surface area contributed by atoms with Crippen LogP contribution in [0.15, 0.2) is 18.2 Å². The normalized spacial score (nSPS) is 11.2. The molecule has 0 saturated heterocycles. The van der Waals surface area contributed by atoms with Crippen molar-refractivity contribution < 1.29 is 4.39 Å². The molecule has 4 heteroatoms. The highest BCUT2D eigenvalue weighted by Crippen LogP contribution is 2.20. The topological polar surface area (TPSA) is 38.0 Å². The Labute approximate surface area is 101 Å². The molecule has 1 aromatic carbocycles. The molecule has 1 aromatic rings. The van der Waals surface area contributed by atoms with E-state index >= 15 is 0 Å². The Morgan fingerprint density at radius 2 is 2.12 bits per heavy atom. The molecule has 0 amide bonds. The van der Waals surface area contributed by atoms with Gasteiger partial charge in [0.05, 0.1) is 0 Å². The molecular formula is C12H17FN2S. The van der Waals surface area contributed by atoms with E-state index in [4.69, 9.17) is 18.0 Å². The summed E-state index contributed by atoms with van der Waals surface area (Å²) in [5.41, 5.74) is 6.36. The van der Waals surface area contributed by atoms with Crippen LogP contribution in [0.25, 0.3) is 0 Å². The van der Waals surface area contributed by atoms with Gasteiger partial charge in [0.1, 0.15) is 10.8 Å². The fourth-order valence-electron chi connectivity index (χ4n) is 1.27. The van der Waals surface area contributed by atoms with E-state index < -0.39 is 0 Å². The van der Waals surface area contributed by atoms with Gasteiger partial charge in [-0.05, 0) is 38.5 Å². The monoisotopic (exact) mass is 240 g/mol. The lowest BCUT2D eigenvalue weighted by Gasteiger charge is -2.26. The zero-order valence-electron chi connectivity index (χ0n) is 9.80. The van der Waals surface area contributed by atoms with Crippen LogP contribution < -0.4 is 11.1 Å². The Morgan fingerprint density at radius 3 is 2.56 bits per heavy atom. The first-order valence-electron chi connectivity index (χ1n) is 5.23. The molecule has 0 aliphatic heterocycles. The second-order valence-electron chi connectivity index (χ2n) is 4.42. The number of benzene rings is 1. The van der Waals surface area contributed by atoms with Crippen LogP contribution in [0.2, 0.25) is 0 Å². The van der Waals surface area contributed by atoms with Crippen molar-refractivity contribution in [2.24, 2.45) is 5.73 Å². The molecule has 0 radical (unpaired) electrons. The second kappa shape index (κ2) is 4.78. The lowest BCUT2D eigenvalue weighted by atomic mass is 10.0. The molecule has 0 aliphatic rings. The van der Waals surface area contributed by atoms with Gasteiger partial charge in [0.15, 0.2) is 0 Å². The Morgan fingerprint density at radius 1 is 1.50 bits per heavy atom. The van der Waals surface area contributed by atoms with E-state index in [9.17, 15) is 4.39 Å². The zero-order chi connectivity index (χ0) is 12.3. The minimum absolute atomic E-state index is 0.0584. The minimum Gasteiger partial charge on any atom is -0.389 e. The number of halogens is 1. The van der Waals surface area contributed by atoms with Crippen LogP contribution in [0.5, 0.6) is 0 Å². The molecule has 0 aliphatic carbocycles. The molecule has 0 fully saturated rings. The van der Waals surface area contributed by atoms with Crippen molar-refractivity contribution in [2.45, 2.75) is 32.7 Å². The van der Waals surface area contributed by atoms with Crippen LogP contribution in [0.1, 0.15) is 32.8 Å². The number of nitrogens with two attached hydrogens (primary N) is 1. The lowest BCUT2D eigenvalue weighted by molar-refractivity contribution is 0.546. The van der Waals surface area contributed by atoms with Gasteiger partial charge in [-0.15, -0.1) is 0 Å². The molecule has 0 heterocycles. The third-order valence-electron chi connectivity index (χ3n) is 2.60. The summed E-state index contributed by atoms with van der Waals surface area (Å²) in [6.07, 6.45) is 0.950. The number of hydrogen-bond acceptors (Lipinski definition) is 2. The number of anilines is 1. The summed E-state index contributed by atoms with van der Waals surface area (Å²) in [4.78, 5) is 0.0822. The summed E-state index contributed by atoms with van der Waals surface area (Å²) >= 11 is 4.74.